The zero-order valence-electron chi connectivity index (χ0n) is 12.1. The van der Waals surface area contributed by atoms with Gasteiger partial charge in [0.2, 0.25) is 0 Å². The maximum Gasteiger partial charge on any atom is 0.170 e. The Bertz CT molecular complexity index is 683. The number of thiocarbonyl (C=S) groups is 1. The van der Waals surface area contributed by atoms with E-state index in [0.29, 0.717) is 11.7 Å². The summed E-state index contributed by atoms with van der Waals surface area (Å²) in [7, 11) is 0. The molecule has 0 unspecified atom stereocenters. The second-order valence-electron chi connectivity index (χ2n) is 4.69. The molecule has 7 heteroatoms. The number of benzene rings is 2. The Morgan fingerprint density at radius 2 is 2.00 bits per heavy atom. The van der Waals surface area contributed by atoms with Crippen molar-refractivity contribution < 1.29 is 8.78 Å². The van der Waals surface area contributed by atoms with Crippen LogP contribution in [0.25, 0.3) is 0 Å². The van der Waals surface area contributed by atoms with Crippen molar-refractivity contribution in [3.05, 3.63) is 64.7 Å². The number of halogens is 3. The Hall–Kier alpha value is -1.37. The summed E-state index contributed by atoms with van der Waals surface area (Å²) >= 11 is 12.7. The van der Waals surface area contributed by atoms with Crippen LogP contribution in [0.5, 0.6) is 0 Å². The van der Waals surface area contributed by atoms with Crippen LogP contribution in [0.1, 0.15) is 5.56 Å². The smallest absolute Gasteiger partial charge is 0.170 e. The van der Waals surface area contributed by atoms with E-state index in [-0.39, 0.29) is 5.69 Å². The predicted molar refractivity (Wildman–Crippen MR) is 98.2 cm³/mol. The number of hydrogen-bond donors (Lipinski definition) is 2. The molecule has 2 aromatic rings. The first-order chi connectivity index (χ1) is 11.0. The lowest BCUT2D eigenvalue weighted by Crippen LogP contribution is -2.30. The molecule has 2 rings (SSSR count). The zero-order chi connectivity index (χ0) is 16.7. The van der Waals surface area contributed by atoms with Crippen LogP contribution in [0.3, 0.4) is 0 Å². The van der Waals surface area contributed by atoms with Crippen molar-refractivity contribution in [2.45, 2.75) is 5.75 Å². The largest absolute Gasteiger partial charge is 0.362 e. The highest BCUT2D eigenvalue weighted by Crippen LogP contribution is 2.16. The highest BCUT2D eigenvalue weighted by Gasteiger charge is 2.05. The van der Waals surface area contributed by atoms with Gasteiger partial charge >= 0.3 is 0 Å². The van der Waals surface area contributed by atoms with Crippen LogP contribution < -0.4 is 10.6 Å². The Morgan fingerprint density at radius 1 is 1.17 bits per heavy atom. The van der Waals surface area contributed by atoms with Crippen LogP contribution in [0.4, 0.5) is 14.5 Å². The molecule has 23 heavy (non-hydrogen) atoms. The molecule has 0 spiro atoms. The summed E-state index contributed by atoms with van der Waals surface area (Å²) in [6.45, 7) is 0.639. The first-order valence-corrected chi connectivity index (χ1v) is 8.81. The second kappa shape index (κ2) is 9.05. The summed E-state index contributed by atoms with van der Waals surface area (Å²) in [4.78, 5) is 0. The van der Waals surface area contributed by atoms with E-state index in [4.69, 9.17) is 23.8 Å². The normalized spacial score (nSPS) is 10.4. The predicted octanol–water partition coefficient (Wildman–Crippen LogP) is 4.84. The van der Waals surface area contributed by atoms with Crippen molar-refractivity contribution in [2.75, 3.05) is 17.6 Å². The van der Waals surface area contributed by atoms with Gasteiger partial charge in [-0.2, -0.15) is 11.8 Å². The molecule has 0 aliphatic rings. The minimum atomic E-state index is -0.676. The highest BCUT2D eigenvalue weighted by atomic mass is 35.5. The monoisotopic (exact) mass is 372 g/mol. The van der Waals surface area contributed by atoms with Crippen LogP contribution in [0.2, 0.25) is 5.02 Å². The summed E-state index contributed by atoms with van der Waals surface area (Å²) < 4.78 is 26.3. The molecule has 2 nitrogen and oxygen atoms in total. The molecule has 0 saturated carbocycles. The Morgan fingerprint density at radius 3 is 2.74 bits per heavy atom. The van der Waals surface area contributed by atoms with E-state index >= 15 is 0 Å². The molecule has 0 aliphatic heterocycles. The molecule has 2 aromatic carbocycles. The van der Waals surface area contributed by atoms with E-state index in [9.17, 15) is 8.78 Å². The third-order valence-electron chi connectivity index (χ3n) is 2.87. The van der Waals surface area contributed by atoms with Crippen LogP contribution in [0.15, 0.2) is 42.5 Å². The van der Waals surface area contributed by atoms with Gasteiger partial charge in [0, 0.05) is 29.1 Å². The minimum Gasteiger partial charge on any atom is -0.362 e. The molecule has 0 amide bonds. The summed E-state index contributed by atoms with van der Waals surface area (Å²) in [5.41, 5.74) is 1.31. The third-order valence-corrected chi connectivity index (χ3v) is 4.38. The quantitative estimate of drug-likeness (QED) is 0.559. The van der Waals surface area contributed by atoms with Gasteiger partial charge in [0.15, 0.2) is 5.11 Å². The second-order valence-corrected chi connectivity index (χ2v) is 6.64. The van der Waals surface area contributed by atoms with Gasteiger partial charge in [0.1, 0.15) is 11.6 Å². The van der Waals surface area contributed by atoms with Crippen LogP contribution >= 0.6 is 35.6 Å². The number of thioether (sulfide) groups is 1. The standard InChI is InChI=1S/C16H15ClF2N2S2/c17-12-3-1-2-11(8-12)10-23-7-6-20-16(22)21-15-5-4-13(18)9-14(15)19/h1-5,8-9H,6-7,10H2,(H2,20,21,22). The average Bonchev–Trinajstić information content (AvgIpc) is 2.50. The summed E-state index contributed by atoms with van der Waals surface area (Å²) in [5, 5.41) is 6.72. The van der Waals surface area contributed by atoms with E-state index in [1.165, 1.54) is 12.1 Å². The number of nitrogens with one attached hydrogen (secondary N) is 2. The van der Waals surface area contributed by atoms with Gasteiger partial charge in [-0.25, -0.2) is 8.78 Å². The average molecular weight is 373 g/mol. The fourth-order valence-corrected chi connectivity index (χ4v) is 3.04. The Kier molecular flexibility index (Phi) is 7.08. The van der Waals surface area contributed by atoms with Gasteiger partial charge in [-0.15, -0.1) is 0 Å². The Labute approximate surface area is 148 Å². The highest BCUT2D eigenvalue weighted by molar-refractivity contribution is 7.98. The lowest BCUT2D eigenvalue weighted by atomic mass is 10.2. The topological polar surface area (TPSA) is 24.1 Å². The lowest BCUT2D eigenvalue weighted by molar-refractivity contribution is 0.586. The molecule has 0 atom stereocenters. The van der Waals surface area contributed by atoms with Gasteiger partial charge in [-0.1, -0.05) is 23.7 Å². The fourth-order valence-electron chi connectivity index (χ4n) is 1.81. The molecule has 0 aliphatic carbocycles. The number of anilines is 1. The minimum absolute atomic E-state index is 0.149. The van der Waals surface area contributed by atoms with Crippen LogP contribution in [-0.2, 0) is 5.75 Å². The van der Waals surface area contributed by atoms with E-state index in [1.54, 1.807) is 11.8 Å². The molecular weight excluding hydrogens is 358 g/mol. The van der Waals surface area contributed by atoms with E-state index < -0.39 is 11.6 Å². The molecule has 2 N–H and O–H groups in total. The van der Waals surface area contributed by atoms with Crippen LogP contribution in [-0.4, -0.2) is 17.4 Å². The van der Waals surface area contributed by atoms with Gasteiger partial charge < -0.3 is 10.6 Å². The van der Waals surface area contributed by atoms with Crippen molar-refractivity contribution in [1.82, 2.24) is 5.32 Å². The van der Waals surface area contributed by atoms with Crippen molar-refractivity contribution in [3.63, 3.8) is 0 Å². The summed E-state index contributed by atoms with van der Waals surface area (Å²) in [6.07, 6.45) is 0. The molecule has 0 heterocycles. The van der Waals surface area contributed by atoms with Gasteiger partial charge in [-0.05, 0) is 42.0 Å². The summed E-state index contributed by atoms with van der Waals surface area (Å²) in [6, 6.07) is 11.0. The molecule has 0 fully saturated rings. The number of rotatable bonds is 6. The third kappa shape index (κ3) is 6.33. The van der Waals surface area contributed by atoms with Crippen LogP contribution in [0, 0.1) is 11.6 Å². The molecule has 0 aromatic heterocycles. The van der Waals surface area contributed by atoms with E-state index in [1.807, 2.05) is 24.3 Å². The molecule has 0 bridgehead atoms. The van der Waals surface area contributed by atoms with Crippen molar-refractivity contribution in [2.24, 2.45) is 0 Å². The first-order valence-electron chi connectivity index (χ1n) is 6.86. The maximum atomic E-state index is 13.5. The Balaban J connectivity index is 1.67. The van der Waals surface area contributed by atoms with Crippen molar-refractivity contribution in [3.8, 4) is 0 Å². The molecule has 0 saturated heterocycles. The lowest BCUT2D eigenvalue weighted by Gasteiger charge is -2.11. The van der Waals surface area contributed by atoms with Gasteiger partial charge in [0.05, 0.1) is 5.69 Å². The SMILES string of the molecule is Fc1ccc(NC(=S)NCCSCc2cccc(Cl)c2)c(F)c1. The summed E-state index contributed by atoms with van der Waals surface area (Å²) in [5.74, 6) is 0.392. The van der Waals surface area contributed by atoms with Gasteiger partial charge in [0.25, 0.3) is 0 Å². The van der Waals surface area contributed by atoms with Gasteiger partial charge in [-0.3, -0.25) is 0 Å². The fraction of sp³-hybridized carbons (Fsp3) is 0.188. The van der Waals surface area contributed by atoms with E-state index in [2.05, 4.69) is 10.6 Å². The maximum absolute atomic E-state index is 13.5. The first kappa shape index (κ1) is 18.0. The molecular formula is C16H15ClF2N2S2. The molecule has 122 valence electrons. The number of hydrogen-bond acceptors (Lipinski definition) is 2. The molecule has 0 radical (unpaired) electrons. The van der Waals surface area contributed by atoms with Crippen molar-refractivity contribution >= 4 is 46.4 Å². The van der Waals surface area contributed by atoms with E-state index in [0.717, 1.165) is 28.2 Å². The van der Waals surface area contributed by atoms with Crippen molar-refractivity contribution in [1.29, 1.82) is 0 Å². The zero-order valence-corrected chi connectivity index (χ0v) is 14.5.